The van der Waals surface area contributed by atoms with E-state index >= 15 is 0 Å². The normalized spacial score (nSPS) is 11.3. The monoisotopic (exact) mass is 333 g/mol. The molecular formula is C8H8ClN7O2S2. The van der Waals surface area contributed by atoms with Crippen LogP contribution in [-0.4, -0.2) is 34.2 Å². The standard InChI is InChI=1S/C8H8ClN7O2S2/c9-4-2-5(12-8(10)19)3(7-13-15-16-14-7)1-6(4)20(11,17)18/h1-2H,(H3,10,12,19)(H2,11,17,18)(H,13,14,15,16). The van der Waals surface area contributed by atoms with Crippen LogP contribution < -0.4 is 16.2 Å². The number of H-pyrrole nitrogens is 1. The van der Waals surface area contributed by atoms with Crippen LogP contribution in [0.1, 0.15) is 0 Å². The third-order valence-electron chi connectivity index (χ3n) is 2.22. The number of nitrogens with two attached hydrogens (primary N) is 2. The highest BCUT2D eigenvalue weighted by atomic mass is 35.5. The maximum atomic E-state index is 11.5. The zero-order valence-electron chi connectivity index (χ0n) is 9.66. The lowest BCUT2D eigenvalue weighted by Gasteiger charge is -2.11. The van der Waals surface area contributed by atoms with Crippen LogP contribution in [0.4, 0.5) is 5.69 Å². The van der Waals surface area contributed by atoms with Gasteiger partial charge < -0.3 is 11.1 Å². The summed E-state index contributed by atoms with van der Waals surface area (Å²) < 4.78 is 22.9. The van der Waals surface area contributed by atoms with Gasteiger partial charge in [0.2, 0.25) is 15.8 Å². The van der Waals surface area contributed by atoms with Gasteiger partial charge in [-0.25, -0.2) is 13.6 Å². The average molecular weight is 334 g/mol. The summed E-state index contributed by atoms with van der Waals surface area (Å²) in [6.07, 6.45) is 0. The molecule has 0 saturated carbocycles. The van der Waals surface area contributed by atoms with E-state index in [1.807, 2.05) is 0 Å². The molecule has 2 rings (SSSR count). The number of nitrogens with one attached hydrogen (secondary N) is 2. The number of tetrazole rings is 1. The number of anilines is 1. The first-order chi connectivity index (χ1) is 9.29. The van der Waals surface area contributed by atoms with E-state index in [-0.39, 0.29) is 26.4 Å². The molecule has 12 heteroatoms. The Bertz CT molecular complexity index is 759. The third kappa shape index (κ3) is 3.01. The molecule has 1 heterocycles. The summed E-state index contributed by atoms with van der Waals surface area (Å²) in [4.78, 5) is -0.271. The molecule has 0 unspecified atom stereocenters. The second-order valence-electron chi connectivity index (χ2n) is 3.60. The smallest absolute Gasteiger partial charge is 0.239 e. The van der Waals surface area contributed by atoms with Gasteiger partial charge in [-0.05, 0) is 29.6 Å². The number of aromatic amines is 1. The van der Waals surface area contributed by atoms with Crippen LogP contribution in [0, 0.1) is 0 Å². The summed E-state index contributed by atoms with van der Waals surface area (Å²) in [5.74, 6) is 0.130. The number of hydrogen-bond donors (Lipinski definition) is 4. The van der Waals surface area contributed by atoms with Gasteiger partial charge in [0.25, 0.3) is 0 Å². The zero-order chi connectivity index (χ0) is 14.9. The van der Waals surface area contributed by atoms with Gasteiger partial charge in [0.15, 0.2) is 5.11 Å². The number of hydrogen-bond acceptors (Lipinski definition) is 6. The highest BCUT2D eigenvalue weighted by molar-refractivity contribution is 7.89. The van der Waals surface area contributed by atoms with Gasteiger partial charge in [0, 0.05) is 5.56 Å². The fraction of sp³-hybridized carbons (Fsp3) is 0. The number of rotatable bonds is 3. The Morgan fingerprint density at radius 3 is 2.65 bits per heavy atom. The van der Waals surface area contributed by atoms with Crippen LogP contribution in [0.25, 0.3) is 11.4 Å². The second kappa shape index (κ2) is 5.28. The molecule has 1 aromatic heterocycles. The molecule has 0 aliphatic carbocycles. The minimum absolute atomic E-state index is 0.0332. The van der Waals surface area contributed by atoms with Gasteiger partial charge >= 0.3 is 0 Å². The molecule has 0 aliphatic rings. The molecule has 2 aromatic rings. The topological polar surface area (TPSA) is 153 Å². The second-order valence-corrected chi connectivity index (χ2v) is 5.97. The number of nitrogens with zero attached hydrogens (tertiary/aromatic N) is 3. The van der Waals surface area contributed by atoms with Crippen molar-refractivity contribution in [1.82, 2.24) is 20.6 Å². The van der Waals surface area contributed by atoms with Gasteiger partial charge in [-0.15, -0.1) is 10.2 Å². The maximum absolute atomic E-state index is 11.5. The molecule has 0 radical (unpaired) electrons. The quantitative estimate of drug-likeness (QED) is 0.564. The largest absolute Gasteiger partial charge is 0.376 e. The van der Waals surface area contributed by atoms with Crippen molar-refractivity contribution < 1.29 is 8.42 Å². The van der Waals surface area contributed by atoms with Crippen LogP contribution in [0.2, 0.25) is 5.02 Å². The Kier molecular flexibility index (Phi) is 3.85. The third-order valence-corrected chi connectivity index (χ3v) is 3.70. The number of benzene rings is 1. The summed E-state index contributed by atoms with van der Waals surface area (Å²) in [5.41, 5.74) is 6.00. The Morgan fingerprint density at radius 2 is 2.15 bits per heavy atom. The van der Waals surface area contributed by atoms with E-state index < -0.39 is 10.0 Å². The van der Waals surface area contributed by atoms with Crippen molar-refractivity contribution in [3.05, 3.63) is 17.2 Å². The highest BCUT2D eigenvalue weighted by Crippen LogP contribution is 2.33. The summed E-state index contributed by atoms with van der Waals surface area (Å²) in [5, 5.41) is 20.8. The van der Waals surface area contributed by atoms with E-state index in [1.54, 1.807) is 0 Å². The number of halogens is 1. The Labute approximate surface area is 123 Å². The predicted octanol–water partition coefficient (Wildman–Crippen LogP) is -0.177. The molecule has 1 aromatic carbocycles. The molecule has 9 nitrogen and oxygen atoms in total. The highest BCUT2D eigenvalue weighted by Gasteiger charge is 2.19. The van der Waals surface area contributed by atoms with Crippen molar-refractivity contribution in [3.8, 4) is 11.4 Å². The first kappa shape index (κ1) is 14.6. The zero-order valence-corrected chi connectivity index (χ0v) is 12.1. The lowest BCUT2D eigenvalue weighted by molar-refractivity contribution is 0.598. The number of primary sulfonamides is 1. The van der Waals surface area contributed by atoms with Crippen molar-refractivity contribution in [2.75, 3.05) is 5.32 Å². The van der Waals surface area contributed by atoms with Crippen LogP contribution in [0.3, 0.4) is 0 Å². The molecule has 0 spiro atoms. The number of sulfonamides is 1. The minimum atomic E-state index is -4.00. The van der Waals surface area contributed by atoms with Crippen molar-refractivity contribution in [1.29, 1.82) is 0 Å². The fourth-order valence-electron chi connectivity index (χ4n) is 1.47. The molecular weight excluding hydrogens is 326 g/mol. The molecule has 0 saturated heterocycles. The van der Waals surface area contributed by atoms with E-state index in [0.29, 0.717) is 5.69 Å². The van der Waals surface area contributed by atoms with E-state index in [2.05, 4.69) is 25.9 Å². The minimum Gasteiger partial charge on any atom is -0.376 e. The molecule has 0 aliphatic heterocycles. The van der Waals surface area contributed by atoms with E-state index in [1.165, 1.54) is 12.1 Å². The van der Waals surface area contributed by atoms with Crippen molar-refractivity contribution in [2.45, 2.75) is 4.90 Å². The van der Waals surface area contributed by atoms with Gasteiger partial charge in [-0.1, -0.05) is 11.6 Å². The average Bonchev–Trinajstić information content (AvgIpc) is 2.79. The summed E-state index contributed by atoms with van der Waals surface area (Å²) in [7, 11) is -4.00. The Hall–Kier alpha value is -1.82. The molecule has 0 atom stereocenters. The van der Waals surface area contributed by atoms with Crippen molar-refractivity contribution >= 4 is 44.6 Å². The molecule has 0 amide bonds. The molecule has 6 N–H and O–H groups in total. The van der Waals surface area contributed by atoms with Gasteiger partial charge in [0.05, 0.1) is 10.7 Å². The fourth-order valence-corrected chi connectivity index (χ4v) is 2.68. The Morgan fingerprint density at radius 1 is 1.45 bits per heavy atom. The lowest BCUT2D eigenvalue weighted by Crippen LogP contribution is -2.20. The van der Waals surface area contributed by atoms with Crippen LogP contribution in [-0.2, 0) is 10.0 Å². The summed E-state index contributed by atoms with van der Waals surface area (Å²) >= 11 is 10.6. The van der Waals surface area contributed by atoms with Crippen LogP contribution in [0.15, 0.2) is 17.0 Å². The Balaban J connectivity index is 2.70. The number of thiocarbonyl (C=S) groups is 1. The molecule has 20 heavy (non-hydrogen) atoms. The van der Waals surface area contributed by atoms with Gasteiger partial charge in [0.1, 0.15) is 4.90 Å². The first-order valence-electron chi connectivity index (χ1n) is 4.95. The molecule has 106 valence electrons. The first-order valence-corrected chi connectivity index (χ1v) is 7.29. The predicted molar refractivity (Wildman–Crippen MR) is 76.4 cm³/mol. The van der Waals surface area contributed by atoms with Gasteiger partial charge in [-0.3, -0.25) is 0 Å². The van der Waals surface area contributed by atoms with E-state index in [4.69, 9.17) is 34.7 Å². The molecule has 0 fully saturated rings. The van der Waals surface area contributed by atoms with Crippen LogP contribution >= 0.6 is 23.8 Å². The van der Waals surface area contributed by atoms with Crippen LogP contribution in [0.5, 0.6) is 0 Å². The van der Waals surface area contributed by atoms with Crippen molar-refractivity contribution in [3.63, 3.8) is 0 Å². The van der Waals surface area contributed by atoms with E-state index in [0.717, 1.165) is 0 Å². The van der Waals surface area contributed by atoms with Crippen molar-refractivity contribution in [2.24, 2.45) is 10.9 Å². The van der Waals surface area contributed by atoms with E-state index in [9.17, 15) is 8.42 Å². The lowest BCUT2D eigenvalue weighted by atomic mass is 10.1. The maximum Gasteiger partial charge on any atom is 0.239 e. The number of aromatic nitrogens is 4. The summed E-state index contributed by atoms with van der Waals surface area (Å²) in [6, 6.07) is 2.52. The molecule has 0 bridgehead atoms. The summed E-state index contributed by atoms with van der Waals surface area (Å²) in [6.45, 7) is 0. The van der Waals surface area contributed by atoms with Gasteiger partial charge in [-0.2, -0.15) is 5.21 Å². The SMILES string of the molecule is NC(=S)Nc1cc(Cl)c(S(N)(=O)=O)cc1-c1nn[nH]n1.